The lowest BCUT2D eigenvalue weighted by molar-refractivity contribution is 0.120. The Bertz CT molecular complexity index is 442. The summed E-state index contributed by atoms with van der Waals surface area (Å²) in [6.45, 7) is 10.9. The van der Waals surface area contributed by atoms with Crippen molar-refractivity contribution < 1.29 is 4.74 Å². The average Bonchev–Trinajstić information content (AvgIpc) is 2.92. The van der Waals surface area contributed by atoms with Crippen LogP contribution in [0.25, 0.3) is 0 Å². The minimum Gasteiger partial charge on any atom is -0.376 e. The van der Waals surface area contributed by atoms with Crippen molar-refractivity contribution in [3.8, 4) is 0 Å². The number of hydrogen-bond donors (Lipinski definition) is 2. The highest BCUT2D eigenvalue weighted by molar-refractivity contribution is 5.57. The van der Waals surface area contributed by atoms with Gasteiger partial charge in [-0.2, -0.15) is 0 Å². The van der Waals surface area contributed by atoms with Crippen LogP contribution in [0.3, 0.4) is 0 Å². The molecule has 112 valence electrons. The van der Waals surface area contributed by atoms with E-state index in [0.717, 1.165) is 55.6 Å². The maximum atomic E-state index is 5.65. The normalized spacial score (nSPS) is 18.6. The molecule has 0 amide bonds. The summed E-state index contributed by atoms with van der Waals surface area (Å²) in [5.41, 5.74) is 1.08. The highest BCUT2D eigenvalue weighted by Crippen LogP contribution is 2.23. The van der Waals surface area contributed by atoms with Gasteiger partial charge in [0.25, 0.3) is 0 Å². The number of nitrogens with zero attached hydrogens (tertiary/aromatic N) is 2. The third-order valence-electron chi connectivity index (χ3n) is 3.54. The summed E-state index contributed by atoms with van der Waals surface area (Å²) in [4.78, 5) is 9.27. The molecule has 1 atom stereocenters. The molecule has 0 aliphatic carbocycles. The van der Waals surface area contributed by atoms with Gasteiger partial charge in [-0.3, -0.25) is 0 Å². The predicted molar refractivity (Wildman–Crippen MR) is 82.5 cm³/mol. The Kier molecular flexibility index (Phi) is 5.17. The maximum Gasteiger partial charge on any atom is 0.135 e. The standard InChI is InChI=1S/C15H26N4O/c1-5-16-14-11(4)15(19-13(18-14)10(2)3)17-9-12-7-6-8-20-12/h10,12H,5-9H2,1-4H3,(H2,16,17,18,19). The molecule has 1 unspecified atom stereocenters. The molecule has 0 aromatic carbocycles. The van der Waals surface area contributed by atoms with Gasteiger partial charge in [-0.25, -0.2) is 9.97 Å². The fraction of sp³-hybridized carbons (Fsp3) is 0.733. The van der Waals surface area contributed by atoms with Gasteiger partial charge in [0.05, 0.1) is 6.10 Å². The van der Waals surface area contributed by atoms with E-state index in [1.54, 1.807) is 0 Å². The molecule has 0 saturated carbocycles. The molecule has 5 nitrogen and oxygen atoms in total. The molecule has 1 aliphatic heterocycles. The second kappa shape index (κ2) is 6.88. The monoisotopic (exact) mass is 278 g/mol. The third kappa shape index (κ3) is 3.60. The molecule has 20 heavy (non-hydrogen) atoms. The zero-order valence-electron chi connectivity index (χ0n) is 13.0. The van der Waals surface area contributed by atoms with Crippen molar-refractivity contribution in [2.45, 2.75) is 52.6 Å². The SMILES string of the molecule is CCNc1nc(C(C)C)nc(NCC2CCCO2)c1C. The Hall–Kier alpha value is -1.36. The average molecular weight is 278 g/mol. The van der Waals surface area contributed by atoms with E-state index >= 15 is 0 Å². The molecular weight excluding hydrogens is 252 g/mol. The van der Waals surface area contributed by atoms with Gasteiger partial charge in [-0.05, 0) is 26.7 Å². The lowest BCUT2D eigenvalue weighted by atomic mass is 10.2. The number of hydrogen-bond acceptors (Lipinski definition) is 5. The van der Waals surface area contributed by atoms with Gasteiger partial charge in [-0.1, -0.05) is 13.8 Å². The largest absolute Gasteiger partial charge is 0.376 e. The second-order valence-electron chi connectivity index (χ2n) is 5.60. The molecule has 2 rings (SSSR count). The van der Waals surface area contributed by atoms with E-state index in [1.807, 2.05) is 0 Å². The molecule has 0 spiro atoms. The van der Waals surface area contributed by atoms with Gasteiger partial charge in [-0.15, -0.1) is 0 Å². The van der Waals surface area contributed by atoms with E-state index in [9.17, 15) is 0 Å². The summed E-state index contributed by atoms with van der Waals surface area (Å²) in [6, 6.07) is 0. The molecule has 1 saturated heterocycles. The molecular formula is C15H26N4O. The Balaban J connectivity index is 2.15. The van der Waals surface area contributed by atoms with Crippen molar-refractivity contribution in [3.05, 3.63) is 11.4 Å². The van der Waals surface area contributed by atoms with E-state index < -0.39 is 0 Å². The minimum atomic E-state index is 0.314. The third-order valence-corrected chi connectivity index (χ3v) is 3.54. The topological polar surface area (TPSA) is 59.1 Å². The summed E-state index contributed by atoms with van der Waals surface area (Å²) in [5, 5.41) is 6.75. The molecule has 0 bridgehead atoms. The molecule has 5 heteroatoms. The first kappa shape index (κ1) is 15.0. The van der Waals surface area contributed by atoms with Gasteiger partial charge in [0.15, 0.2) is 0 Å². The first-order chi connectivity index (χ1) is 9.61. The summed E-state index contributed by atoms with van der Waals surface area (Å²) in [5.74, 6) is 3.05. The summed E-state index contributed by atoms with van der Waals surface area (Å²) in [6.07, 6.45) is 2.61. The number of ether oxygens (including phenoxy) is 1. The highest BCUT2D eigenvalue weighted by Gasteiger charge is 2.17. The van der Waals surface area contributed by atoms with Crippen LogP contribution in [0.5, 0.6) is 0 Å². The Labute approximate surface area is 121 Å². The first-order valence-corrected chi connectivity index (χ1v) is 7.59. The van der Waals surface area contributed by atoms with E-state index in [0.29, 0.717) is 12.0 Å². The Morgan fingerprint density at radius 3 is 2.50 bits per heavy atom. The van der Waals surface area contributed by atoms with Crippen LogP contribution in [0.2, 0.25) is 0 Å². The fourth-order valence-corrected chi connectivity index (χ4v) is 2.32. The van der Waals surface area contributed by atoms with Gasteiger partial charge in [0.2, 0.25) is 0 Å². The van der Waals surface area contributed by atoms with Gasteiger partial charge >= 0.3 is 0 Å². The van der Waals surface area contributed by atoms with Crippen LogP contribution in [0.15, 0.2) is 0 Å². The van der Waals surface area contributed by atoms with Crippen molar-refractivity contribution in [1.29, 1.82) is 0 Å². The van der Waals surface area contributed by atoms with Crippen LogP contribution in [0.4, 0.5) is 11.6 Å². The highest BCUT2D eigenvalue weighted by atomic mass is 16.5. The van der Waals surface area contributed by atoms with Crippen LogP contribution in [-0.2, 0) is 4.74 Å². The molecule has 1 aromatic rings. The number of anilines is 2. The smallest absolute Gasteiger partial charge is 0.135 e. The van der Waals surface area contributed by atoms with Crippen molar-refractivity contribution >= 4 is 11.6 Å². The Morgan fingerprint density at radius 2 is 1.95 bits per heavy atom. The summed E-state index contributed by atoms with van der Waals surface area (Å²) in [7, 11) is 0. The van der Waals surface area contributed by atoms with Crippen LogP contribution in [-0.4, -0.2) is 35.8 Å². The van der Waals surface area contributed by atoms with Crippen LogP contribution in [0.1, 0.15) is 50.9 Å². The molecule has 2 N–H and O–H groups in total. The molecule has 2 heterocycles. The zero-order valence-corrected chi connectivity index (χ0v) is 13.0. The number of nitrogens with one attached hydrogen (secondary N) is 2. The van der Waals surface area contributed by atoms with Crippen molar-refractivity contribution in [2.75, 3.05) is 30.3 Å². The molecule has 1 aliphatic rings. The van der Waals surface area contributed by atoms with Crippen LogP contribution >= 0.6 is 0 Å². The second-order valence-corrected chi connectivity index (χ2v) is 5.60. The summed E-state index contributed by atoms with van der Waals surface area (Å²) < 4.78 is 5.65. The van der Waals surface area contributed by atoms with Crippen molar-refractivity contribution in [1.82, 2.24) is 9.97 Å². The maximum absolute atomic E-state index is 5.65. The number of aromatic nitrogens is 2. The van der Waals surface area contributed by atoms with Crippen molar-refractivity contribution in [2.24, 2.45) is 0 Å². The lowest BCUT2D eigenvalue weighted by Crippen LogP contribution is -2.20. The van der Waals surface area contributed by atoms with Gasteiger partial charge < -0.3 is 15.4 Å². The van der Waals surface area contributed by atoms with E-state index in [4.69, 9.17) is 4.74 Å². The molecule has 1 fully saturated rings. The predicted octanol–water partition coefficient (Wildman–Crippen LogP) is 2.93. The zero-order chi connectivity index (χ0) is 14.5. The fourth-order valence-electron chi connectivity index (χ4n) is 2.32. The first-order valence-electron chi connectivity index (χ1n) is 7.59. The van der Waals surface area contributed by atoms with E-state index in [-0.39, 0.29) is 0 Å². The molecule has 0 radical (unpaired) electrons. The summed E-state index contributed by atoms with van der Waals surface area (Å²) >= 11 is 0. The van der Waals surface area contributed by atoms with E-state index in [1.165, 1.54) is 0 Å². The molecule has 1 aromatic heterocycles. The Morgan fingerprint density at radius 1 is 1.25 bits per heavy atom. The van der Waals surface area contributed by atoms with Crippen LogP contribution < -0.4 is 10.6 Å². The number of rotatable bonds is 6. The lowest BCUT2D eigenvalue weighted by Gasteiger charge is -2.17. The van der Waals surface area contributed by atoms with E-state index in [2.05, 4.69) is 48.3 Å². The van der Waals surface area contributed by atoms with Crippen LogP contribution in [0, 0.1) is 6.92 Å². The minimum absolute atomic E-state index is 0.314. The van der Waals surface area contributed by atoms with Gasteiger partial charge in [0.1, 0.15) is 17.5 Å². The van der Waals surface area contributed by atoms with Crippen molar-refractivity contribution in [3.63, 3.8) is 0 Å². The van der Waals surface area contributed by atoms with Gasteiger partial charge in [0, 0.05) is 31.2 Å². The quantitative estimate of drug-likeness (QED) is 0.838.